The number of nitrogens with two attached hydrogens (primary N) is 1. The summed E-state index contributed by atoms with van der Waals surface area (Å²) in [7, 11) is -3.82. The summed E-state index contributed by atoms with van der Waals surface area (Å²) in [5.74, 6) is 0. The summed E-state index contributed by atoms with van der Waals surface area (Å²) in [5, 5.41) is 0.202. The van der Waals surface area contributed by atoms with Gasteiger partial charge < -0.3 is 5.73 Å². The van der Waals surface area contributed by atoms with Crippen LogP contribution in [-0.4, -0.2) is 20.5 Å². The summed E-state index contributed by atoms with van der Waals surface area (Å²) in [6.07, 6.45) is 0. The second-order valence-electron chi connectivity index (χ2n) is 4.51. The molecule has 3 N–H and O–H groups in total. The van der Waals surface area contributed by atoms with Crippen LogP contribution in [0.3, 0.4) is 0 Å². The maximum atomic E-state index is 12.1. The highest BCUT2D eigenvalue weighted by Crippen LogP contribution is 2.32. The normalized spacial score (nSPS) is 12.1. The largest absolute Gasteiger partial charge is 0.324 e. The summed E-state index contributed by atoms with van der Waals surface area (Å²) in [6.45, 7) is 3.45. The van der Waals surface area contributed by atoms with Crippen LogP contribution in [0.25, 0.3) is 0 Å². The monoisotopic (exact) mass is 366 g/mol. The predicted molar refractivity (Wildman–Crippen MR) is 82.2 cm³/mol. The summed E-state index contributed by atoms with van der Waals surface area (Å²) in [4.78, 5) is -0.195. The van der Waals surface area contributed by atoms with Gasteiger partial charge in [0.15, 0.2) is 0 Å². The van der Waals surface area contributed by atoms with E-state index in [1.54, 1.807) is 13.8 Å². The molecule has 4 nitrogen and oxygen atoms in total. The minimum atomic E-state index is -3.82. The molecule has 0 heterocycles. The second-order valence-corrected chi connectivity index (χ2v) is 7.47. The van der Waals surface area contributed by atoms with Crippen LogP contribution in [0.1, 0.15) is 13.8 Å². The summed E-state index contributed by atoms with van der Waals surface area (Å²) >= 11 is 17.4. The quantitative estimate of drug-likeness (QED) is 0.858. The van der Waals surface area contributed by atoms with Crippen molar-refractivity contribution in [2.45, 2.75) is 24.3 Å². The van der Waals surface area contributed by atoms with E-state index in [1.807, 2.05) is 0 Å². The fraction of sp³-hybridized carbons (Fsp3) is 0.400. The molecule has 0 atom stereocenters. The summed E-state index contributed by atoms with van der Waals surface area (Å²) < 4.78 is 26.5. The SMILES string of the molecule is CC(C)(N)CNS(=O)(=O)c1c(Cl)cc(Cl)cc1Cl.Cl. The smallest absolute Gasteiger partial charge is 0.243 e. The van der Waals surface area contributed by atoms with Crippen LogP contribution < -0.4 is 10.5 Å². The molecule has 0 unspecified atom stereocenters. The standard InChI is InChI=1S/C10H13Cl3N2O2S.ClH/c1-10(2,14)5-15-18(16,17)9-7(12)3-6(11)4-8(9)13;/h3-4,15H,5,14H2,1-2H3;1H. The molecule has 1 aromatic carbocycles. The highest BCUT2D eigenvalue weighted by molar-refractivity contribution is 7.89. The molecule has 1 rings (SSSR count). The van der Waals surface area contributed by atoms with Gasteiger partial charge in [-0.25, -0.2) is 13.1 Å². The molecule has 0 bridgehead atoms. The van der Waals surface area contributed by atoms with Crippen molar-refractivity contribution in [3.8, 4) is 0 Å². The Hall–Kier alpha value is 0.250. The van der Waals surface area contributed by atoms with E-state index in [0.717, 1.165) is 0 Å². The molecule has 9 heteroatoms. The molecule has 0 aliphatic rings. The van der Waals surface area contributed by atoms with Crippen molar-refractivity contribution >= 4 is 57.2 Å². The molecule has 19 heavy (non-hydrogen) atoms. The average Bonchev–Trinajstić information content (AvgIpc) is 2.11. The molecule has 0 fully saturated rings. The van der Waals surface area contributed by atoms with Crippen molar-refractivity contribution in [1.82, 2.24) is 4.72 Å². The zero-order valence-electron chi connectivity index (χ0n) is 10.2. The van der Waals surface area contributed by atoms with Gasteiger partial charge in [0.2, 0.25) is 10.0 Å². The fourth-order valence-corrected chi connectivity index (χ4v) is 3.90. The molecule has 0 radical (unpaired) electrons. The summed E-state index contributed by atoms with van der Waals surface area (Å²) in [6, 6.07) is 2.63. The first-order chi connectivity index (χ1) is 8.03. The number of hydrogen-bond acceptors (Lipinski definition) is 3. The Balaban J connectivity index is 0.00000324. The van der Waals surface area contributed by atoms with E-state index < -0.39 is 15.6 Å². The van der Waals surface area contributed by atoms with E-state index in [9.17, 15) is 8.42 Å². The maximum absolute atomic E-state index is 12.1. The van der Waals surface area contributed by atoms with E-state index >= 15 is 0 Å². The predicted octanol–water partition coefficient (Wildman–Crippen LogP) is 3.08. The molecule has 0 spiro atoms. The van der Waals surface area contributed by atoms with Gasteiger partial charge in [0.05, 0.1) is 10.0 Å². The van der Waals surface area contributed by atoms with Crippen molar-refractivity contribution in [2.24, 2.45) is 5.73 Å². The molecule has 110 valence electrons. The number of hydrogen-bond donors (Lipinski definition) is 2. The lowest BCUT2D eigenvalue weighted by Gasteiger charge is -2.19. The lowest BCUT2D eigenvalue weighted by Crippen LogP contribution is -2.45. The van der Waals surface area contributed by atoms with Crippen LogP contribution in [0, 0.1) is 0 Å². The van der Waals surface area contributed by atoms with Crippen LogP contribution in [-0.2, 0) is 10.0 Å². The first kappa shape index (κ1) is 19.2. The molecule has 0 saturated carbocycles. The van der Waals surface area contributed by atoms with Gasteiger partial charge in [-0.15, -0.1) is 12.4 Å². The van der Waals surface area contributed by atoms with Crippen molar-refractivity contribution in [3.05, 3.63) is 27.2 Å². The van der Waals surface area contributed by atoms with Gasteiger partial charge in [0.25, 0.3) is 0 Å². The number of nitrogens with one attached hydrogen (secondary N) is 1. The molecule has 0 aliphatic carbocycles. The molecule has 0 aromatic heterocycles. The minimum absolute atomic E-state index is 0. The maximum Gasteiger partial charge on any atom is 0.243 e. The third-order valence-corrected chi connectivity index (χ3v) is 4.49. The van der Waals surface area contributed by atoms with E-state index in [-0.39, 0.29) is 38.9 Å². The van der Waals surface area contributed by atoms with Gasteiger partial charge in [-0.2, -0.15) is 0 Å². The fourth-order valence-electron chi connectivity index (χ4n) is 1.14. The van der Waals surface area contributed by atoms with Crippen LogP contribution in [0.5, 0.6) is 0 Å². The first-order valence-electron chi connectivity index (χ1n) is 4.96. The lowest BCUT2D eigenvalue weighted by molar-refractivity contribution is 0.498. The number of halogens is 4. The van der Waals surface area contributed by atoms with E-state index in [0.29, 0.717) is 0 Å². The lowest BCUT2D eigenvalue weighted by atomic mass is 10.1. The number of benzene rings is 1. The van der Waals surface area contributed by atoms with Gasteiger partial charge in [0.1, 0.15) is 4.90 Å². The van der Waals surface area contributed by atoms with Crippen molar-refractivity contribution in [3.63, 3.8) is 0 Å². The Morgan fingerprint density at radius 1 is 1.21 bits per heavy atom. The van der Waals surface area contributed by atoms with Crippen LogP contribution >= 0.6 is 47.2 Å². The van der Waals surface area contributed by atoms with E-state index in [2.05, 4.69) is 4.72 Å². The zero-order chi connectivity index (χ0) is 14.1. The first-order valence-corrected chi connectivity index (χ1v) is 7.58. The van der Waals surface area contributed by atoms with E-state index in [1.165, 1.54) is 12.1 Å². The van der Waals surface area contributed by atoms with Crippen molar-refractivity contribution in [1.29, 1.82) is 0 Å². The number of rotatable bonds is 4. The van der Waals surface area contributed by atoms with Gasteiger partial charge in [-0.3, -0.25) is 0 Å². The Labute approximate surface area is 134 Å². The highest BCUT2D eigenvalue weighted by atomic mass is 35.5. The Kier molecular flexibility index (Phi) is 6.89. The van der Waals surface area contributed by atoms with Gasteiger partial charge in [0, 0.05) is 17.1 Å². The Morgan fingerprint density at radius 3 is 2.00 bits per heavy atom. The molecule has 0 saturated heterocycles. The third-order valence-electron chi connectivity index (χ3n) is 1.95. The molecular formula is C10H14Cl4N2O2S. The van der Waals surface area contributed by atoms with Crippen LogP contribution in [0.4, 0.5) is 0 Å². The van der Waals surface area contributed by atoms with Gasteiger partial charge >= 0.3 is 0 Å². The highest BCUT2D eigenvalue weighted by Gasteiger charge is 2.24. The third kappa shape index (κ3) is 5.63. The molecule has 0 amide bonds. The minimum Gasteiger partial charge on any atom is -0.324 e. The zero-order valence-corrected chi connectivity index (χ0v) is 14.1. The molecular weight excluding hydrogens is 354 g/mol. The Morgan fingerprint density at radius 2 is 1.63 bits per heavy atom. The van der Waals surface area contributed by atoms with Gasteiger partial charge in [-0.1, -0.05) is 34.8 Å². The molecule has 0 aliphatic heterocycles. The van der Waals surface area contributed by atoms with Crippen molar-refractivity contribution in [2.75, 3.05) is 6.54 Å². The molecule has 1 aromatic rings. The summed E-state index contributed by atoms with van der Waals surface area (Å²) in [5.41, 5.74) is 5.02. The topological polar surface area (TPSA) is 72.2 Å². The van der Waals surface area contributed by atoms with Crippen LogP contribution in [0.15, 0.2) is 17.0 Å². The van der Waals surface area contributed by atoms with E-state index in [4.69, 9.17) is 40.5 Å². The Bertz CT molecular complexity index is 532. The average molecular weight is 368 g/mol. The van der Waals surface area contributed by atoms with Crippen LogP contribution in [0.2, 0.25) is 15.1 Å². The second kappa shape index (κ2) is 6.80. The number of sulfonamides is 1. The van der Waals surface area contributed by atoms with Crippen molar-refractivity contribution < 1.29 is 8.42 Å². The van der Waals surface area contributed by atoms with Gasteiger partial charge in [-0.05, 0) is 26.0 Å².